The van der Waals surface area contributed by atoms with Gasteiger partial charge in [0.2, 0.25) is 5.91 Å². The highest BCUT2D eigenvalue weighted by Crippen LogP contribution is 2.30. The van der Waals surface area contributed by atoms with Crippen LogP contribution in [0.1, 0.15) is 187 Å². The fourth-order valence-electron chi connectivity index (χ4n) is 8.71. The van der Waals surface area contributed by atoms with Crippen LogP contribution in [-0.2, 0) is 23.7 Å². The molecule has 14 nitrogen and oxygen atoms in total. The van der Waals surface area contributed by atoms with Crippen molar-refractivity contribution in [3.8, 4) is 0 Å². The molecule has 2 fully saturated rings. The largest absolute Gasteiger partial charge is 0.394 e. The Balaban J connectivity index is 1.80. The lowest BCUT2D eigenvalue weighted by atomic mass is 9.97. The Labute approximate surface area is 428 Å². The molecule has 12 unspecified atom stereocenters. The van der Waals surface area contributed by atoms with Crippen molar-refractivity contribution >= 4 is 5.91 Å². The molecule has 0 radical (unpaired) electrons. The summed E-state index contributed by atoms with van der Waals surface area (Å²) in [7, 11) is 0. The molecule has 0 aromatic carbocycles. The maximum atomic E-state index is 13.2. The zero-order valence-corrected chi connectivity index (χ0v) is 43.7. The lowest BCUT2D eigenvalue weighted by Crippen LogP contribution is -2.65. The van der Waals surface area contributed by atoms with Crippen LogP contribution in [0.5, 0.6) is 0 Å². The summed E-state index contributed by atoms with van der Waals surface area (Å²) in [5.74, 6) is -0.234. The number of aliphatic hydroxyl groups is 8. The highest BCUT2D eigenvalue weighted by molar-refractivity contribution is 5.76. The van der Waals surface area contributed by atoms with Crippen LogP contribution in [-0.4, -0.2) is 140 Å². The minimum atomic E-state index is -1.79. The third-order valence-electron chi connectivity index (χ3n) is 13.2. The van der Waals surface area contributed by atoms with Crippen LogP contribution in [0.15, 0.2) is 72.9 Å². The smallest absolute Gasteiger partial charge is 0.220 e. The molecule has 12 atom stereocenters. The molecule has 1 amide bonds. The highest BCUT2D eigenvalue weighted by Gasteiger charge is 2.51. The van der Waals surface area contributed by atoms with Crippen LogP contribution in [0.2, 0.25) is 0 Å². The summed E-state index contributed by atoms with van der Waals surface area (Å²) in [6.45, 7) is 2.71. The molecule has 2 aliphatic rings. The van der Waals surface area contributed by atoms with Gasteiger partial charge in [-0.3, -0.25) is 4.79 Å². The van der Waals surface area contributed by atoms with Gasteiger partial charge in [-0.1, -0.05) is 189 Å². The molecule has 0 aromatic heterocycles. The SMILES string of the molecule is CC/C=C\C/C=C\C/C=C\C/C=C\C/C=C\C/C=C\CCCCCCC(=O)NC(COC1OC(CO)C(OC2OC(CO)C(O)C(O)C2O)C(O)C1O)C(O)CCCCCCCCCCCCCCCC. The van der Waals surface area contributed by atoms with Gasteiger partial charge in [0.1, 0.15) is 48.8 Å². The van der Waals surface area contributed by atoms with E-state index < -0.39 is 86.8 Å². The van der Waals surface area contributed by atoms with Crippen molar-refractivity contribution < 1.29 is 64.6 Å². The summed E-state index contributed by atoms with van der Waals surface area (Å²) < 4.78 is 22.8. The molecule has 410 valence electrons. The van der Waals surface area contributed by atoms with Gasteiger partial charge >= 0.3 is 0 Å². The van der Waals surface area contributed by atoms with Gasteiger partial charge in [-0.2, -0.15) is 0 Å². The van der Waals surface area contributed by atoms with E-state index >= 15 is 0 Å². The van der Waals surface area contributed by atoms with Crippen molar-refractivity contribution in [3.05, 3.63) is 72.9 Å². The summed E-state index contributed by atoms with van der Waals surface area (Å²) in [4.78, 5) is 13.2. The second-order valence-corrected chi connectivity index (χ2v) is 19.3. The molecule has 0 aliphatic carbocycles. The number of hydrogen-bond acceptors (Lipinski definition) is 13. The first-order valence-corrected chi connectivity index (χ1v) is 27.7. The molecule has 71 heavy (non-hydrogen) atoms. The molecule has 0 bridgehead atoms. The first-order valence-electron chi connectivity index (χ1n) is 27.7. The van der Waals surface area contributed by atoms with Crippen LogP contribution in [0.4, 0.5) is 0 Å². The molecule has 14 heteroatoms. The minimum Gasteiger partial charge on any atom is -0.394 e. The summed E-state index contributed by atoms with van der Waals surface area (Å²) in [5, 5.41) is 87.1. The fraction of sp³-hybridized carbons (Fsp3) is 0.772. The first-order chi connectivity index (χ1) is 34.6. The monoisotopic (exact) mass is 1010 g/mol. The van der Waals surface area contributed by atoms with Crippen LogP contribution < -0.4 is 5.32 Å². The molecule has 2 rings (SSSR count). The van der Waals surface area contributed by atoms with Gasteiger partial charge in [-0.15, -0.1) is 0 Å². The number of amides is 1. The number of rotatable bonds is 42. The van der Waals surface area contributed by atoms with Crippen LogP contribution >= 0.6 is 0 Å². The summed E-state index contributed by atoms with van der Waals surface area (Å²) >= 11 is 0. The molecular formula is C57H99NO13. The Hall–Kier alpha value is -2.57. The zero-order valence-electron chi connectivity index (χ0n) is 43.7. The normalized spacial score (nSPS) is 26.3. The Morgan fingerprint density at radius 1 is 0.521 bits per heavy atom. The summed E-state index contributed by atoms with van der Waals surface area (Å²) in [6.07, 6.45) is 37.5. The van der Waals surface area contributed by atoms with E-state index in [1.165, 1.54) is 64.2 Å². The van der Waals surface area contributed by atoms with E-state index in [2.05, 4.69) is 92.1 Å². The van der Waals surface area contributed by atoms with Crippen LogP contribution in [0, 0.1) is 0 Å². The fourth-order valence-corrected chi connectivity index (χ4v) is 8.71. The van der Waals surface area contributed by atoms with Gasteiger partial charge in [0.25, 0.3) is 0 Å². The van der Waals surface area contributed by atoms with E-state index in [0.717, 1.165) is 89.9 Å². The number of aliphatic hydroxyl groups excluding tert-OH is 8. The van der Waals surface area contributed by atoms with E-state index in [0.29, 0.717) is 12.8 Å². The Kier molecular flexibility index (Phi) is 38.9. The standard InChI is InChI=1S/C57H99NO13/c1-3-5-7-9-11-13-15-17-19-20-21-22-23-24-25-26-27-29-31-33-35-37-39-41-49(62)58-45(46(61)40-38-36-34-32-30-28-18-16-14-12-10-8-6-4-2)44-68-56-54(67)52(65)55(48(43-60)70-56)71-57-53(66)51(64)50(63)47(42-59)69-57/h5,7,11,13,17,19,21-22,24-25,27,29,45-48,50-57,59-61,63-67H,3-4,6,8-10,12,14-16,18,20,23,26,28,30-44H2,1-2H3,(H,58,62)/b7-5-,13-11-,19-17-,22-21-,25-24-,29-27-. The summed E-state index contributed by atoms with van der Waals surface area (Å²) in [5.41, 5.74) is 0. The van der Waals surface area contributed by atoms with Gasteiger partial charge in [0.05, 0.1) is 32.0 Å². The second kappa shape index (κ2) is 42.8. The number of allylic oxidation sites excluding steroid dienone is 12. The molecular weight excluding hydrogens is 907 g/mol. The summed E-state index contributed by atoms with van der Waals surface area (Å²) in [6, 6.07) is -0.846. The lowest BCUT2D eigenvalue weighted by Gasteiger charge is -2.46. The number of carbonyl (C=O) groups excluding carboxylic acids is 1. The van der Waals surface area contributed by atoms with E-state index in [-0.39, 0.29) is 18.9 Å². The average molecular weight is 1010 g/mol. The zero-order chi connectivity index (χ0) is 51.7. The molecule has 2 aliphatic heterocycles. The van der Waals surface area contributed by atoms with E-state index in [1.807, 2.05) is 0 Å². The van der Waals surface area contributed by atoms with Gasteiger partial charge in [0, 0.05) is 6.42 Å². The maximum absolute atomic E-state index is 13.2. The number of carbonyl (C=O) groups is 1. The number of unbranched alkanes of at least 4 members (excludes halogenated alkanes) is 17. The molecule has 9 N–H and O–H groups in total. The van der Waals surface area contributed by atoms with Crippen molar-refractivity contribution in [2.45, 2.75) is 261 Å². The van der Waals surface area contributed by atoms with E-state index in [1.54, 1.807) is 0 Å². The number of hydrogen-bond donors (Lipinski definition) is 9. The third kappa shape index (κ3) is 29.2. The Morgan fingerprint density at radius 3 is 1.49 bits per heavy atom. The van der Waals surface area contributed by atoms with Crippen molar-refractivity contribution in [1.82, 2.24) is 5.32 Å². The van der Waals surface area contributed by atoms with Gasteiger partial charge in [0.15, 0.2) is 12.6 Å². The molecule has 2 saturated heterocycles. The van der Waals surface area contributed by atoms with Crippen molar-refractivity contribution in [3.63, 3.8) is 0 Å². The Morgan fingerprint density at radius 2 is 0.972 bits per heavy atom. The van der Waals surface area contributed by atoms with Crippen molar-refractivity contribution in [1.29, 1.82) is 0 Å². The molecule has 0 spiro atoms. The van der Waals surface area contributed by atoms with Crippen molar-refractivity contribution in [2.24, 2.45) is 0 Å². The first kappa shape index (κ1) is 64.5. The maximum Gasteiger partial charge on any atom is 0.220 e. The van der Waals surface area contributed by atoms with E-state index in [4.69, 9.17) is 18.9 Å². The average Bonchev–Trinajstić information content (AvgIpc) is 3.37. The van der Waals surface area contributed by atoms with E-state index in [9.17, 15) is 45.6 Å². The lowest BCUT2D eigenvalue weighted by molar-refractivity contribution is -0.359. The predicted molar refractivity (Wildman–Crippen MR) is 281 cm³/mol. The van der Waals surface area contributed by atoms with Gasteiger partial charge in [-0.05, 0) is 64.2 Å². The molecule has 0 saturated carbocycles. The van der Waals surface area contributed by atoms with Crippen molar-refractivity contribution in [2.75, 3.05) is 19.8 Å². The number of ether oxygens (including phenoxy) is 4. The molecule has 0 aromatic rings. The van der Waals surface area contributed by atoms with Crippen LogP contribution in [0.25, 0.3) is 0 Å². The number of nitrogens with one attached hydrogen (secondary N) is 1. The highest BCUT2D eigenvalue weighted by atomic mass is 16.7. The molecule has 2 heterocycles. The van der Waals surface area contributed by atoms with Gasteiger partial charge in [-0.25, -0.2) is 0 Å². The minimum absolute atomic E-state index is 0.234. The Bertz CT molecular complexity index is 1470. The van der Waals surface area contributed by atoms with Gasteiger partial charge < -0.3 is 65.1 Å². The quantitative estimate of drug-likeness (QED) is 0.0207. The second-order valence-electron chi connectivity index (χ2n) is 19.3. The predicted octanol–water partition coefficient (Wildman–Crippen LogP) is 8.38. The van der Waals surface area contributed by atoms with Crippen LogP contribution in [0.3, 0.4) is 0 Å². The third-order valence-corrected chi connectivity index (χ3v) is 13.2. The topological polar surface area (TPSA) is 228 Å².